The van der Waals surface area contributed by atoms with E-state index in [1.54, 1.807) is 14.2 Å². The molecule has 0 atom stereocenters. The summed E-state index contributed by atoms with van der Waals surface area (Å²) in [4.78, 5) is 7.93. The Morgan fingerprint density at radius 3 is 2.65 bits per heavy atom. The lowest BCUT2D eigenvalue weighted by atomic mass is 10.2. The average molecular weight is 377 g/mol. The van der Waals surface area contributed by atoms with Crippen LogP contribution in [0, 0.1) is 0 Å². The second-order valence-corrected chi connectivity index (χ2v) is 5.75. The minimum atomic E-state index is 0.568. The molecule has 0 spiro atoms. The molecule has 0 aliphatic heterocycles. The van der Waals surface area contributed by atoms with Gasteiger partial charge in [0.15, 0.2) is 11.5 Å². The van der Waals surface area contributed by atoms with Gasteiger partial charge in [0.2, 0.25) is 0 Å². The van der Waals surface area contributed by atoms with Crippen molar-refractivity contribution in [1.29, 1.82) is 0 Å². The summed E-state index contributed by atoms with van der Waals surface area (Å²) >= 11 is 3.54. The van der Waals surface area contributed by atoms with E-state index < -0.39 is 0 Å². The van der Waals surface area contributed by atoms with Crippen molar-refractivity contribution >= 4 is 27.0 Å². The molecule has 1 N–H and O–H groups in total. The maximum absolute atomic E-state index is 5.62. The molecule has 0 saturated carbocycles. The molecule has 23 heavy (non-hydrogen) atoms. The Bertz CT molecular complexity index is 845. The number of methoxy groups -OCH3 is 2. The molecule has 3 aromatic rings. The Labute approximate surface area is 142 Å². The van der Waals surface area contributed by atoms with Crippen LogP contribution in [0.3, 0.4) is 0 Å². The van der Waals surface area contributed by atoms with Gasteiger partial charge < -0.3 is 19.2 Å². The second-order valence-electron chi connectivity index (χ2n) is 4.89. The zero-order valence-electron chi connectivity index (χ0n) is 13.1. The molecule has 2 aromatic carbocycles. The van der Waals surface area contributed by atoms with Crippen LogP contribution in [-0.4, -0.2) is 30.8 Å². The van der Waals surface area contributed by atoms with Crippen LogP contribution in [0.4, 0.5) is 0 Å². The van der Waals surface area contributed by atoms with Crippen LogP contribution < -0.4 is 14.2 Å². The van der Waals surface area contributed by atoms with Crippen LogP contribution in [0.5, 0.6) is 17.2 Å². The first-order valence-electron chi connectivity index (χ1n) is 7.20. The summed E-state index contributed by atoms with van der Waals surface area (Å²) in [6.45, 7) is 2.51. The fraction of sp³-hybridized carbons (Fsp3) is 0.235. The molecule has 1 heterocycles. The van der Waals surface area contributed by atoms with Gasteiger partial charge in [-0.25, -0.2) is 4.98 Å². The third-order valence-electron chi connectivity index (χ3n) is 3.48. The lowest BCUT2D eigenvalue weighted by Gasteiger charge is -2.12. The van der Waals surface area contributed by atoms with E-state index in [1.807, 2.05) is 37.3 Å². The number of imidazole rings is 1. The lowest BCUT2D eigenvalue weighted by molar-refractivity contribution is 0.309. The van der Waals surface area contributed by atoms with E-state index in [-0.39, 0.29) is 0 Å². The van der Waals surface area contributed by atoms with Gasteiger partial charge in [0.25, 0.3) is 0 Å². The third-order valence-corrected chi connectivity index (χ3v) is 4.07. The van der Waals surface area contributed by atoms with E-state index in [0.717, 1.165) is 32.6 Å². The van der Waals surface area contributed by atoms with Crippen LogP contribution in [0.1, 0.15) is 6.92 Å². The minimum Gasteiger partial charge on any atom is -0.497 e. The summed E-state index contributed by atoms with van der Waals surface area (Å²) < 4.78 is 17.1. The number of rotatable bonds is 5. The van der Waals surface area contributed by atoms with E-state index in [0.29, 0.717) is 18.1 Å². The second kappa shape index (κ2) is 6.50. The molecule has 0 aliphatic rings. The highest BCUT2D eigenvalue weighted by molar-refractivity contribution is 9.10. The highest BCUT2D eigenvalue weighted by Crippen LogP contribution is 2.39. The molecule has 0 saturated heterocycles. The molecule has 1 aromatic heterocycles. The summed E-state index contributed by atoms with van der Waals surface area (Å²) in [6.07, 6.45) is 0. The first kappa shape index (κ1) is 15.7. The van der Waals surface area contributed by atoms with Gasteiger partial charge in [0.05, 0.1) is 36.3 Å². The topological polar surface area (TPSA) is 56.4 Å². The van der Waals surface area contributed by atoms with Gasteiger partial charge in [-0.15, -0.1) is 0 Å². The van der Waals surface area contributed by atoms with Gasteiger partial charge >= 0.3 is 0 Å². The van der Waals surface area contributed by atoms with Crippen molar-refractivity contribution in [2.45, 2.75) is 6.92 Å². The summed E-state index contributed by atoms with van der Waals surface area (Å²) in [5.41, 5.74) is 2.71. The Balaban J connectivity index is 2.09. The van der Waals surface area contributed by atoms with E-state index >= 15 is 0 Å². The molecule has 120 valence electrons. The number of aromatic nitrogens is 2. The zero-order chi connectivity index (χ0) is 16.4. The fourth-order valence-electron chi connectivity index (χ4n) is 2.39. The Hall–Kier alpha value is -2.21. The summed E-state index contributed by atoms with van der Waals surface area (Å²) in [6, 6.07) is 9.61. The third kappa shape index (κ3) is 2.99. The number of aromatic amines is 1. The molecule has 6 heteroatoms. The molecule has 0 fully saturated rings. The summed E-state index contributed by atoms with van der Waals surface area (Å²) in [5.74, 6) is 2.90. The summed E-state index contributed by atoms with van der Waals surface area (Å²) in [7, 11) is 3.27. The van der Waals surface area contributed by atoms with Gasteiger partial charge in [0.1, 0.15) is 11.6 Å². The van der Waals surface area contributed by atoms with E-state index in [2.05, 4.69) is 25.9 Å². The van der Waals surface area contributed by atoms with Crippen molar-refractivity contribution in [2.24, 2.45) is 0 Å². The normalized spacial score (nSPS) is 10.8. The molecule has 3 rings (SSSR count). The Morgan fingerprint density at radius 2 is 1.96 bits per heavy atom. The van der Waals surface area contributed by atoms with Crippen molar-refractivity contribution in [3.8, 4) is 28.6 Å². The molecule has 0 bridgehead atoms. The van der Waals surface area contributed by atoms with Crippen LogP contribution in [0.15, 0.2) is 34.8 Å². The Kier molecular flexibility index (Phi) is 4.43. The number of halogens is 1. The Morgan fingerprint density at radius 1 is 1.13 bits per heavy atom. The number of fused-ring (bicyclic) bond motifs is 1. The highest BCUT2D eigenvalue weighted by atomic mass is 79.9. The van der Waals surface area contributed by atoms with Gasteiger partial charge in [-0.1, -0.05) is 0 Å². The number of nitrogens with one attached hydrogen (secondary N) is 1. The first-order valence-corrected chi connectivity index (χ1v) is 8.00. The van der Waals surface area contributed by atoms with Gasteiger partial charge in [-0.2, -0.15) is 0 Å². The first-order chi connectivity index (χ1) is 11.2. The fourth-order valence-corrected chi connectivity index (χ4v) is 2.95. The maximum atomic E-state index is 5.62. The van der Waals surface area contributed by atoms with Crippen molar-refractivity contribution in [3.05, 3.63) is 34.8 Å². The standard InChI is InChI=1S/C17H17BrN2O3/c1-4-23-16-12(18)7-10(8-15(16)22-3)17-19-13-6-5-11(21-2)9-14(13)20-17/h5-9H,4H2,1-3H3,(H,19,20). The van der Waals surface area contributed by atoms with Crippen LogP contribution in [0.2, 0.25) is 0 Å². The SMILES string of the molecule is CCOc1c(Br)cc(-c2nc3ccc(OC)cc3[nH]2)cc1OC. The quantitative estimate of drug-likeness (QED) is 0.716. The number of H-pyrrole nitrogens is 1. The lowest BCUT2D eigenvalue weighted by Crippen LogP contribution is -1.97. The molecule has 5 nitrogen and oxygen atoms in total. The monoisotopic (exact) mass is 376 g/mol. The molecule has 0 radical (unpaired) electrons. The number of hydrogen-bond donors (Lipinski definition) is 1. The summed E-state index contributed by atoms with van der Waals surface area (Å²) in [5, 5.41) is 0. The van der Waals surface area contributed by atoms with Crippen molar-refractivity contribution in [3.63, 3.8) is 0 Å². The largest absolute Gasteiger partial charge is 0.497 e. The van der Waals surface area contributed by atoms with Crippen molar-refractivity contribution < 1.29 is 14.2 Å². The van der Waals surface area contributed by atoms with Crippen LogP contribution in [-0.2, 0) is 0 Å². The van der Waals surface area contributed by atoms with Gasteiger partial charge in [0, 0.05) is 11.6 Å². The van der Waals surface area contributed by atoms with Crippen molar-refractivity contribution in [2.75, 3.05) is 20.8 Å². The van der Waals surface area contributed by atoms with Gasteiger partial charge in [-0.05, 0) is 47.1 Å². The highest BCUT2D eigenvalue weighted by Gasteiger charge is 2.14. The van der Waals surface area contributed by atoms with E-state index in [9.17, 15) is 0 Å². The molecule has 0 unspecified atom stereocenters. The number of nitrogens with zero attached hydrogens (tertiary/aromatic N) is 1. The van der Waals surface area contributed by atoms with Crippen molar-refractivity contribution in [1.82, 2.24) is 9.97 Å². The maximum Gasteiger partial charge on any atom is 0.175 e. The predicted octanol–water partition coefficient (Wildman–Crippen LogP) is 4.41. The molecule has 0 aliphatic carbocycles. The van der Waals surface area contributed by atoms with Gasteiger partial charge in [-0.3, -0.25) is 0 Å². The smallest absolute Gasteiger partial charge is 0.175 e. The zero-order valence-corrected chi connectivity index (χ0v) is 14.7. The minimum absolute atomic E-state index is 0.568. The predicted molar refractivity (Wildman–Crippen MR) is 93.5 cm³/mol. The molecular weight excluding hydrogens is 360 g/mol. The van der Waals surface area contributed by atoms with E-state index in [1.165, 1.54) is 0 Å². The number of ether oxygens (including phenoxy) is 3. The number of hydrogen-bond acceptors (Lipinski definition) is 4. The molecular formula is C17H17BrN2O3. The number of benzene rings is 2. The average Bonchev–Trinajstić information content (AvgIpc) is 2.99. The van der Waals surface area contributed by atoms with E-state index in [4.69, 9.17) is 14.2 Å². The van der Waals surface area contributed by atoms with Crippen LogP contribution in [0.25, 0.3) is 22.4 Å². The van der Waals surface area contributed by atoms with Crippen LogP contribution >= 0.6 is 15.9 Å². The molecule has 0 amide bonds.